The fourth-order valence-electron chi connectivity index (χ4n) is 2.01. The zero-order valence-electron chi connectivity index (χ0n) is 8.90. The molecule has 2 aromatic rings. The average Bonchev–Trinajstić information content (AvgIpc) is 2.86. The summed E-state index contributed by atoms with van der Waals surface area (Å²) in [4.78, 5) is 15.6. The van der Waals surface area contributed by atoms with E-state index < -0.39 is 0 Å². The Morgan fingerprint density at radius 3 is 3.06 bits per heavy atom. The summed E-state index contributed by atoms with van der Waals surface area (Å²) in [6.07, 6.45) is 3.55. The molecule has 0 atom stereocenters. The van der Waals surface area contributed by atoms with E-state index in [1.807, 2.05) is 29.8 Å². The molecule has 0 aliphatic carbocycles. The molecule has 1 aromatic heterocycles. The second kappa shape index (κ2) is 3.20. The molecule has 4 heteroatoms. The Morgan fingerprint density at radius 1 is 1.44 bits per heavy atom. The molecule has 2 heterocycles. The second-order valence-electron chi connectivity index (χ2n) is 3.94. The summed E-state index contributed by atoms with van der Waals surface area (Å²) in [5.74, 6) is 0.0130. The van der Waals surface area contributed by atoms with Crippen LogP contribution in [0.3, 0.4) is 0 Å². The number of hydrogen-bond donors (Lipinski definition) is 1. The highest BCUT2D eigenvalue weighted by molar-refractivity contribution is 5.99. The van der Waals surface area contributed by atoms with Crippen LogP contribution in [0.15, 0.2) is 30.7 Å². The Hall–Kier alpha value is -2.10. The summed E-state index contributed by atoms with van der Waals surface area (Å²) < 4.78 is 1.94. The number of fused-ring (bicyclic) bond motifs is 1. The maximum absolute atomic E-state index is 11.5. The van der Waals surface area contributed by atoms with Crippen molar-refractivity contribution in [3.8, 4) is 11.3 Å². The third-order valence-corrected chi connectivity index (χ3v) is 2.91. The van der Waals surface area contributed by atoms with Crippen LogP contribution >= 0.6 is 0 Å². The van der Waals surface area contributed by atoms with Crippen LogP contribution in [-0.4, -0.2) is 15.5 Å². The molecule has 0 saturated carbocycles. The summed E-state index contributed by atoms with van der Waals surface area (Å²) in [5, 5.41) is 2.81. The van der Waals surface area contributed by atoms with Gasteiger partial charge in [-0.25, -0.2) is 4.98 Å². The van der Waals surface area contributed by atoms with E-state index in [9.17, 15) is 4.79 Å². The number of carbonyl (C=O) groups excluding carboxylic acids is 1. The highest BCUT2D eigenvalue weighted by Gasteiger charge is 2.19. The van der Waals surface area contributed by atoms with Crippen molar-refractivity contribution in [3.63, 3.8) is 0 Å². The molecule has 0 saturated heterocycles. The monoisotopic (exact) mass is 213 g/mol. The van der Waals surface area contributed by atoms with E-state index in [0.717, 1.165) is 22.4 Å². The van der Waals surface area contributed by atoms with Gasteiger partial charge in [0.25, 0.3) is 5.91 Å². The van der Waals surface area contributed by atoms with E-state index in [1.54, 1.807) is 12.5 Å². The molecule has 0 bridgehead atoms. The average molecular weight is 213 g/mol. The Morgan fingerprint density at radius 2 is 2.31 bits per heavy atom. The summed E-state index contributed by atoms with van der Waals surface area (Å²) in [7, 11) is 1.94. The van der Waals surface area contributed by atoms with Crippen molar-refractivity contribution in [2.45, 2.75) is 6.54 Å². The zero-order valence-corrected chi connectivity index (χ0v) is 8.90. The number of nitrogens with zero attached hydrogens (tertiary/aromatic N) is 2. The number of benzene rings is 1. The minimum atomic E-state index is 0.0130. The lowest BCUT2D eigenvalue weighted by molar-refractivity contribution is 0.0966. The highest BCUT2D eigenvalue weighted by atomic mass is 16.1. The van der Waals surface area contributed by atoms with Gasteiger partial charge in [-0.3, -0.25) is 4.79 Å². The predicted octanol–water partition coefficient (Wildman–Crippen LogP) is 1.33. The maximum atomic E-state index is 11.5. The van der Waals surface area contributed by atoms with Crippen LogP contribution in [0.5, 0.6) is 0 Å². The van der Waals surface area contributed by atoms with Gasteiger partial charge in [-0.05, 0) is 11.6 Å². The van der Waals surface area contributed by atoms with Gasteiger partial charge < -0.3 is 9.88 Å². The van der Waals surface area contributed by atoms with Gasteiger partial charge in [-0.15, -0.1) is 0 Å². The summed E-state index contributed by atoms with van der Waals surface area (Å²) in [5.41, 5.74) is 3.88. The summed E-state index contributed by atoms with van der Waals surface area (Å²) >= 11 is 0. The smallest absolute Gasteiger partial charge is 0.251 e. The SMILES string of the molecule is Cn1cncc1-c1ccc2c(c1)C(=O)NC2. The number of carbonyl (C=O) groups is 1. The van der Waals surface area contributed by atoms with Crippen LogP contribution in [0.4, 0.5) is 0 Å². The Kier molecular flexibility index (Phi) is 1.83. The number of hydrogen-bond acceptors (Lipinski definition) is 2. The molecule has 1 aliphatic rings. The summed E-state index contributed by atoms with van der Waals surface area (Å²) in [6.45, 7) is 0.639. The molecule has 1 aromatic carbocycles. The lowest BCUT2D eigenvalue weighted by Gasteiger charge is -2.03. The number of imidazole rings is 1. The molecule has 1 aliphatic heterocycles. The van der Waals surface area contributed by atoms with Gasteiger partial charge in [-0.1, -0.05) is 12.1 Å². The van der Waals surface area contributed by atoms with Crippen molar-refractivity contribution in [2.75, 3.05) is 0 Å². The maximum Gasteiger partial charge on any atom is 0.251 e. The zero-order chi connectivity index (χ0) is 11.1. The second-order valence-corrected chi connectivity index (χ2v) is 3.94. The van der Waals surface area contributed by atoms with Crippen molar-refractivity contribution in [1.29, 1.82) is 0 Å². The van der Waals surface area contributed by atoms with Gasteiger partial charge in [0.1, 0.15) is 0 Å². The van der Waals surface area contributed by atoms with E-state index >= 15 is 0 Å². The normalized spacial score (nSPS) is 13.7. The Balaban J connectivity index is 2.15. The number of nitrogens with one attached hydrogen (secondary N) is 1. The molecule has 0 spiro atoms. The molecule has 16 heavy (non-hydrogen) atoms. The minimum Gasteiger partial charge on any atom is -0.348 e. The fraction of sp³-hybridized carbons (Fsp3) is 0.167. The molecule has 1 amide bonds. The van der Waals surface area contributed by atoms with Crippen LogP contribution in [0, 0.1) is 0 Å². The lowest BCUT2D eigenvalue weighted by Crippen LogP contribution is -2.12. The van der Waals surface area contributed by atoms with Gasteiger partial charge in [0, 0.05) is 24.7 Å². The molecular weight excluding hydrogens is 202 g/mol. The third-order valence-electron chi connectivity index (χ3n) is 2.91. The van der Waals surface area contributed by atoms with Gasteiger partial charge >= 0.3 is 0 Å². The van der Waals surface area contributed by atoms with Gasteiger partial charge in [0.2, 0.25) is 0 Å². The molecule has 0 radical (unpaired) electrons. The van der Waals surface area contributed by atoms with Crippen LogP contribution in [0.1, 0.15) is 15.9 Å². The minimum absolute atomic E-state index is 0.0130. The van der Waals surface area contributed by atoms with Crippen LogP contribution in [0.25, 0.3) is 11.3 Å². The van der Waals surface area contributed by atoms with E-state index in [-0.39, 0.29) is 5.91 Å². The van der Waals surface area contributed by atoms with Crippen molar-refractivity contribution >= 4 is 5.91 Å². The van der Waals surface area contributed by atoms with Crippen molar-refractivity contribution in [1.82, 2.24) is 14.9 Å². The largest absolute Gasteiger partial charge is 0.348 e. The van der Waals surface area contributed by atoms with Gasteiger partial charge in [-0.2, -0.15) is 0 Å². The van der Waals surface area contributed by atoms with Gasteiger partial charge in [0.05, 0.1) is 18.2 Å². The topological polar surface area (TPSA) is 46.9 Å². The van der Waals surface area contributed by atoms with Crippen LogP contribution in [-0.2, 0) is 13.6 Å². The number of aryl methyl sites for hydroxylation is 1. The third kappa shape index (κ3) is 1.23. The first-order valence-electron chi connectivity index (χ1n) is 5.13. The molecule has 80 valence electrons. The first-order valence-corrected chi connectivity index (χ1v) is 5.13. The lowest BCUT2D eigenvalue weighted by atomic mass is 10.0. The van der Waals surface area contributed by atoms with E-state index in [4.69, 9.17) is 0 Å². The first-order chi connectivity index (χ1) is 7.75. The quantitative estimate of drug-likeness (QED) is 0.776. The molecule has 1 N–H and O–H groups in total. The van der Waals surface area contributed by atoms with Crippen LogP contribution in [0.2, 0.25) is 0 Å². The van der Waals surface area contributed by atoms with E-state index in [0.29, 0.717) is 6.54 Å². The van der Waals surface area contributed by atoms with Crippen molar-refractivity contribution in [2.24, 2.45) is 7.05 Å². The number of amides is 1. The molecule has 0 fully saturated rings. The summed E-state index contributed by atoms with van der Waals surface area (Å²) in [6, 6.07) is 5.94. The molecule has 4 nitrogen and oxygen atoms in total. The number of rotatable bonds is 1. The highest BCUT2D eigenvalue weighted by Crippen LogP contribution is 2.24. The van der Waals surface area contributed by atoms with E-state index in [2.05, 4.69) is 10.3 Å². The fourth-order valence-corrected chi connectivity index (χ4v) is 2.01. The Bertz CT molecular complexity index is 571. The van der Waals surface area contributed by atoms with Crippen molar-refractivity contribution < 1.29 is 4.79 Å². The van der Waals surface area contributed by atoms with Crippen molar-refractivity contribution in [3.05, 3.63) is 41.9 Å². The molecular formula is C12H11N3O. The first kappa shape index (κ1) is 9.15. The van der Waals surface area contributed by atoms with Crippen LogP contribution < -0.4 is 5.32 Å². The van der Waals surface area contributed by atoms with E-state index in [1.165, 1.54) is 0 Å². The predicted molar refractivity (Wildman–Crippen MR) is 59.8 cm³/mol. The molecule has 0 unspecified atom stereocenters. The number of aromatic nitrogens is 2. The Labute approximate surface area is 92.9 Å². The standard InChI is InChI=1S/C12H11N3O/c1-15-7-13-6-11(15)8-2-3-9-5-14-12(16)10(9)4-8/h2-4,6-7H,5H2,1H3,(H,14,16). The molecule has 3 rings (SSSR count). The van der Waals surface area contributed by atoms with Gasteiger partial charge in [0.15, 0.2) is 0 Å².